The zero-order valence-electron chi connectivity index (χ0n) is 11.6. The molecular weight excluding hydrogens is 250 g/mol. The van der Waals surface area contributed by atoms with Crippen molar-refractivity contribution >= 4 is 11.8 Å². The molecule has 19 heavy (non-hydrogen) atoms. The Morgan fingerprint density at radius 3 is 2.47 bits per heavy atom. The molecule has 0 atom stereocenters. The van der Waals surface area contributed by atoms with Crippen LogP contribution in [0.3, 0.4) is 0 Å². The van der Waals surface area contributed by atoms with Crippen LogP contribution < -0.4 is 5.32 Å². The smallest absolute Gasteiger partial charge is 0.0216 e. The third-order valence-corrected chi connectivity index (χ3v) is 4.09. The maximum absolute atomic E-state index is 3.47. The number of aryl methyl sites for hydroxylation is 1. The lowest BCUT2D eigenvalue weighted by Crippen LogP contribution is -2.14. The SMILES string of the molecule is CCCNCc1ccccc1Sc1ccc(C)cc1. The van der Waals surface area contributed by atoms with E-state index in [0.29, 0.717) is 0 Å². The van der Waals surface area contributed by atoms with Crippen LogP contribution in [0.4, 0.5) is 0 Å². The molecule has 0 aromatic heterocycles. The average Bonchev–Trinajstić information content (AvgIpc) is 2.43. The van der Waals surface area contributed by atoms with Crippen molar-refractivity contribution in [3.8, 4) is 0 Å². The van der Waals surface area contributed by atoms with E-state index in [4.69, 9.17) is 0 Å². The van der Waals surface area contributed by atoms with Gasteiger partial charge < -0.3 is 5.32 Å². The first-order valence-electron chi connectivity index (χ1n) is 6.82. The second kappa shape index (κ2) is 7.37. The largest absolute Gasteiger partial charge is 0.313 e. The van der Waals surface area contributed by atoms with E-state index in [0.717, 1.165) is 13.1 Å². The van der Waals surface area contributed by atoms with Crippen LogP contribution in [-0.4, -0.2) is 6.54 Å². The van der Waals surface area contributed by atoms with Crippen molar-refractivity contribution in [3.63, 3.8) is 0 Å². The van der Waals surface area contributed by atoms with Gasteiger partial charge >= 0.3 is 0 Å². The summed E-state index contributed by atoms with van der Waals surface area (Å²) in [6, 6.07) is 17.3. The summed E-state index contributed by atoms with van der Waals surface area (Å²) >= 11 is 1.84. The minimum atomic E-state index is 0.947. The maximum atomic E-state index is 3.47. The van der Waals surface area contributed by atoms with Crippen LogP contribution >= 0.6 is 11.8 Å². The summed E-state index contributed by atoms with van der Waals surface area (Å²) in [5.74, 6) is 0. The molecule has 0 heterocycles. The minimum absolute atomic E-state index is 0.947. The zero-order valence-corrected chi connectivity index (χ0v) is 12.5. The highest BCUT2D eigenvalue weighted by Crippen LogP contribution is 2.30. The second-order valence-electron chi connectivity index (χ2n) is 4.70. The van der Waals surface area contributed by atoms with Crippen molar-refractivity contribution in [1.82, 2.24) is 5.32 Å². The van der Waals surface area contributed by atoms with Gasteiger partial charge in [-0.25, -0.2) is 0 Å². The highest BCUT2D eigenvalue weighted by Gasteiger charge is 2.03. The Bertz CT molecular complexity index is 505. The summed E-state index contributed by atoms with van der Waals surface area (Å²) in [6.07, 6.45) is 1.17. The molecule has 0 unspecified atom stereocenters. The molecule has 0 fully saturated rings. The quantitative estimate of drug-likeness (QED) is 0.768. The molecule has 2 heteroatoms. The van der Waals surface area contributed by atoms with Crippen LogP contribution in [0.1, 0.15) is 24.5 Å². The molecule has 0 aliphatic heterocycles. The molecule has 0 spiro atoms. The number of hydrogen-bond acceptors (Lipinski definition) is 2. The minimum Gasteiger partial charge on any atom is -0.313 e. The Morgan fingerprint density at radius 1 is 1.00 bits per heavy atom. The van der Waals surface area contributed by atoms with E-state index < -0.39 is 0 Å². The van der Waals surface area contributed by atoms with Gasteiger partial charge in [0.05, 0.1) is 0 Å². The lowest BCUT2D eigenvalue weighted by molar-refractivity contribution is 0.669. The number of nitrogens with one attached hydrogen (secondary N) is 1. The zero-order chi connectivity index (χ0) is 13.5. The fraction of sp³-hybridized carbons (Fsp3) is 0.294. The van der Waals surface area contributed by atoms with Gasteiger partial charge in [0.1, 0.15) is 0 Å². The average molecular weight is 271 g/mol. The van der Waals surface area contributed by atoms with Crippen LogP contribution in [0.5, 0.6) is 0 Å². The van der Waals surface area contributed by atoms with Gasteiger partial charge in [0, 0.05) is 16.3 Å². The Hall–Kier alpha value is -1.25. The van der Waals surface area contributed by atoms with Crippen molar-refractivity contribution in [2.45, 2.75) is 36.6 Å². The van der Waals surface area contributed by atoms with E-state index in [9.17, 15) is 0 Å². The van der Waals surface area contributed by atoms with Gasteiger partial charge in [0.15, 0.2) is 0 Å². The summed E-state index contributed by atoms with van der Waals surface area (Å²) in [7, 11) is 0. The van der Waals surface area contributed by atoms with Gasteiger partial charge in [-0.15, -0.1) is 0 Å². The first-order chi connectivity index (χ1) is 9.29. The summed E-state index contributed by atoms with van der Waals surface area (Å²) in [4.78, 5) is 2.64. The molecule has 0 saturated carbocycles. The fourth-order valence-corrected chi connectivity index (χ4v) is 2.83. The van der Waals surface area contributed by atoms with E-state index in [1.807, 2.05) is 11.8 Å². The summed E-state index contributed by atoms with van der Waals surface area (Å²) in [5, 5.41) is 3.47. The van der Waals surface area contributed by atoms with E-state index in [-0.39, 0.29) is 0 Å². The Balaban J connectivity index is 2.08. The predicted molar refractivity (Wildman–Crippen MR) is 83.7 cm³/mol. The van der Waals surface area contributed by atoms with E-state index in [1.165, 1.54) is 27.3 Å². The summed E-state index contributed by atoms with van der Waals surface area (Å²) in [6.45, 7) is 6.34. The maximum Gasteiger partial charge on any atom is 0.0216 e. The van der Waals surface area contributed by atoms with Crippen LogP contribution in [0.25, 0.3) is 0 Å². The van der Waals surface area contributed by atoms with Crippen LogP contribution in [0.15, 0.2) is 58.3 Å². The lowest BCUT2D eigenvalue weighted by atomic mass is 10.2. The molecule has 0 saturated heterocycles. The third-order valence-electron chi connectivity index (χ3n) is 2.96. The van der Waals surface area contributed by atoms with Crippen molar-refractivity contribution in [2.24, 2.45) is 0 Å². The highest BCUT2D eigenvalue weighted by molar-refractivity contribution is 7.99. The molecule has 1 N–H and O–H groups in total. The molecule has 0 radical (unpaired) electrons. The molecule has 100 valence electrons. The normalized spacial score (nSPS) is 10.6. The predicted octanol–water partition coefficient (Wildman–Crippen LogP) is 4.65. The Morgan fingerprint density at radius 2 is 1.74 bits per heavy atom. The molecular formula is C17H21NS. The van der Waals surface area contributed by atoms with Crippen molar-refractivity contribution < 1.29 is 0 Å². The first-order valence-corrected chi connectivity index (χ1v) is 7.64. The van der Waals surface area contributed by atoms with Gasteiger partial charge in [0.25, 0.3) is 0 Å². The van der Waals surface area contributed by atoms with Crippen LogP contribution in [-0.2, 0) is 6.54 Å². The van der Waals surface area contributed by atoms with Crippen molar-refractivity contribution in [1.29, 1.82) is 0 Å². The number of rotatable bonds is 6. The van der Waals surface area contributed by atoms with Gasteiger partial charge in [-0.1, -0.05) is 54.6 Å². The molecule has 2 aromatic rings. The highest BCUT2D eigenvalue weighted by atomic mass is 32.2. The first kappa shape index (κ1) is 14.2. The third kappa shape index (κ3) is 4.41. The fourth-order valence-electron chi connectivity index (χ4n) is 1.88. The molecule has 0 aliphatic carbocycles. The summed E-state index contributed by atoms with van der Waals surface area (Å²) < 4.78 is 0. The Kier molecular flexibility index (Phi) is 5.49. The number of hydrogen-bond donors (Lipinski definition) is 1. The van der Waals surface area contributed by atoms with Gasteiger partial charge in [-0.05, 0) is 43.7 Å². The van der Waals surface area contributed by atoms with Gasteiger partial charge in [-0.2, -0.15) is 0 Å². The standard InChI is InChI=1S/C17H21NS/c1-3-12-18-13-15-6-4-5-7-17(15)19-16-10-8-14(2)9-11-16/h4-11,18H,3,12-13H2,1-2H3. The second-order valence-corrected chi connectivity index (χ2v) is 5.81. The van der Waals surface area contributed by atoms with E-state index >= 15 is 0 Å². The van der Waals surface area contributed by atoms with Crippen LogP contribution in [0.2, 0.25) is 0 Å². The van der Waals surface area contributed by atoms with Crippen LogP contribution in [0, 0.1) is 6.92 Å². The number of benzene rings is 2. The van der Waals surface area contributed by atoms with Crippen molar-refractivity contribution in [2.75, 3.05) is 6.54 Å². The van der Waals surface area contributed by atoms with Crippen molar-refractivity contribution in [3.05, 3.63) is 59.7 Å². The molecule has 0 bridgehead atoms. The molecule has 2 aromatic carbocycles. The topological polar surface area (TPSA) is 12.0 Å². The Labute approximate surface area is 120 Å². The van der Waals surface area contributed by atoms with E-state index in [1.54, 1.807) is 0 Å². The van der Waals surface area contributed by atoms with Gasteiger partial charge in [0.2, 0.25) is 0 Å². The van der Waals surface area contributed by atoms with E-state index in [2.05, 4.69) is 67.7 Å². The molecule has 0 amide bonds. The monoisotopic (exact) mass is 271 g/mol. The van der Waals surface area contributed by atoms with Gasteiger partial charge in [-0.3, -0.25) is 0 Å². The lowest BCUT2D eigenvalue weighted by Gasteiger charge is -2.10. The molecule has 1 nitrogen and oxygen atoms in total. The summed E-state index contributed by atoms with van der Waals surface area (Å²) in [5.41, 5.74) is 2.68. The molecule has 0 aliphatic rings. The molecule has 2 rings (SSSR count).